The van der Waals surface area contributed by atoms with E-state index in [9.17, 15) is 0 Å². The number of β-amino-alcohol motifs (C(OH)–C–C–N with tert-alkyl or cyclic N) is 1. The Morgan fingerprint density at radius 1 is 1.45 bits per heavy atom. The Morgan fingerprint density at radius 3 is 3.14 bits per heavy atom. The van der Waals surface area contributed by atoms with E-state index in [1.165, 1.54) is 12.8 Å². The fraction of sp³-hybridized carbons (Fsp3) is 0.500. The van der Waals surface area contributed by atoms with Crippen LogP contribution in [0.1, 0.15) is 30.0 Å². The molecule has 0 aliphatic carbocycles. The van der Waals surface area contributed by atoms with Gasteiger partial charge in [-0.25, -0.2) is 9.97 Å². The van der Waals surface area contributed by atoms with Gasteiger partial charge in [-0.15, -0.1) is 11.3 Å². The third kappa shape index (κ3) is 3.82. The maximum atomic E-state index is 9.09. The first-order chi connectivity index (χ1) is 10.7. The molecular weight excluding hydrogens is 296 g/mol. The van der Waals surface area contributed by atoms with Crippen LogP contribution in [0.15, 0.2) is 23.7 Å². The van der Waals surface area contributed by atoms with Crippen molar-refractivity contribution in [1.82, 2.24) is 14.9 Å². The second-order valence-corrected chi connectivity index (χ2v) is 6.64. The molecule has 6 heteroatoms. The van der Waals surface area contributed by atoms with Gasteiger partial charge < -0.3 is 15.3 Å². The van der Waals surface area contributed by atoms with E-state index in [0.29, 0.717) is 5.92 Å². The van der Waals surface area contributed by atoms with Gasteiger partial charge in [0, 0.05) is 30.6 Å². The van der Waals surface area contributed by atoms with Gasteiger partial charge in [0.05, 0.1) is 12.3 Å². The van der Waals surface area contributed by atoms with Gasteiger partial charge in [-0.1, -0.05) is 6.07 Å². The average molecular weight is 318 g/mol. The lowest BCUT2D eigenvalue weighted by molar-refractivity contribution is 0.160. The number of rotatable bonds is 5. The van der Waals surface area contributed by atoms with E-state index in [-0.39, 0.29) is 6.61 Å². The predicted octanol–water partition coefficient (Wildman–Crippen LogP) is 2.76. The Balaban J connectivity index is 1.64. The molecule has 2 N–H and O–H groups in total. The maximum absolute atomic E-state index is 9.09. The number of nitrogens with zero attached hydrogens (tertiary/aromatic N) is 3. The first kappa shape index (κ1) is 15.4. The summed E-state index contributed by atoms with van der Waals surface area (Å²) in [6.45, 7) is 5.10. The van der Waals surface area contributed by atoms with Crippen molar-refractivity contribution in [1.29, 1.82) is 0 Å². The number of likely N-dealkylation sites (tertiary alicyclic amines) is 1. The zero-order valence-electron chi connectivity index (χ0n) is 12.8. The molecule has 0 amide bonds. The second kappa shape index (κ2) is 7.17. The monoisotopic (exact) mass is 318 g/mol. The van der Waals surface area contributed by atoms with Crippen LogP contribution in [0.2, 0.25) is 0 Å². The number of aryl methyl sites for hydroxylation is 1. The third-order valence-corrected chi connectivity index (χ3v) is 4.78. The highest BCUT2D eigenvalue weighted by Crippen LogP contribution is 2.30. The van der Waals surface area contributed by atoms with Crippen molar-refractivity contribution in [3.05, 3.63) is 35.0 Å². The average Bonchev–Trinajstić information content (AvgIpc) is 2.99. The molecule has 2 aromatic rings. The van der Waals surface area contributed by atoms with E-state index in [1.807, 2.05) is 25.3 Å². The highest BCUT2D eigenvalue weighted by atomic mass is 32.1. The molecule has 0 spiro atoms. The minimum atomic E-state index is 0.232. The zero-order valence-corrected chi connectivity index (χ0v) is 13.6. The van der Waals surface area contributed by atoms with Gasteiger partial charge in [0.2, 0.25) is 0 Å². The number of pyridine rings is 1. The van der Waals surface area contributed by atoms with Gasteiger partial charge in [-0.05, 0) is 37.9 Å². The van der Waals surface area contributed by atoms with E-state index in [4.69, 9.17) is 10.1 Å². The third-order valence-electron chi connectivity index (χ3n) is 4.01. The summed E-state index contributed by atoms with van der Waals surface area (Å²) in [6, 6.07) is 4.01. The minimum absolute atomic E-state index is 0.232. The van der Waals surface area contributed by atoms with Crippen LogP contribution in [0.25, 0.3) is 0 Å². The fourth-order valence-corrected chi connectivity index (χ4v) is 3.62. The lowest BCUT2D eigenvalue weighted by Crippen LogP contribution is -2.36. The van der Waals surface area contributed by atoms with E-state index >= 15 is 0 Å². The molecule has 1 aliphatic heterocycles. The Kier molecular flexibility index (Phi) is 5.02. The molecule has 0 unspecified atom stereocenters. The summed E-state index contributed by atoms with van der Waals surface area (Å²) in [5, 5.41) is 15.4. The van der Waals surface area contributed by atoms with Crippen LogP contribution in [0.4, 0.5) is 10.9 Å². The molecule has 22 heavy (non-hydrogen) atoms. The number of piperidine rings is 1. The smallest absolute Gasteiger partial charge is 0.188 e. The van der Waals surface area contributed by atoms with Gasteiger partial charge in [0.1, 0.15) is 5.82 Å². The van der Waals surface area contributed by atoms with Crippen LogP contribution in [-0.2, 0) is 0 Å². The van der Waals surface area contributed by atoms with Crippen molar-refractivity contribution in [3.8, 4) is 0 Å². The van der Waals surface area contributed by atoms with Crippen LogP contribution in [0, 0.1) is 6.92 Å². The molecule has 1 saturated heterocycles. The summed E-state index contributed by atoms with van der Waals surface area (Å²) < 4.78 is 0. The van der Waals surface area contributed by atoms with E-state index in [0.717, 1.165) is 41.8 Å². The minimum Gasteiger partial charge on any atom is -0.395 e. The molecule has 118 valence electrons. The van der Waals surface area contributed by atoms with E-state index in [2.05, 4.69) is 20.6 Å². The molecule has 1 aliphatic rings. The van der Waals surface area contributed by atoms with Crippen molar-refractivity contribution < 1.29 is 5.11 Å². The first-order valence-electron chi connectivity index (χ1n) is 7.73. The van der Waals surface area contributed by atoms with Crippen LogP contribution >= 0.6 is 11.3 Å². The quantitative estimate of drug-likeness (QED) is 0.887. The fourth-order valence-electron chi connectivity index (χ4n) is 2.82. The highest BCUT2D eigenvalue weighted by molar-refractivity contribution is 7.13. The van der Waals surface area contributed by atoms with E-state index in [1.54, 1.807) is 11.3 Å². The summed E-state index contributed by atoms with van der Waals surface area (Å²) >= 11 is 1.63. The molecule has 0 aromatic carbocycles. The molecule has 0 saturated carbocycles. The number of hydrogen-bond acceptors (Lipinski definition) is 6. The summed E-state index contributed by atoms with van der Waals surface area (Å²) in [4.78, 5) is 11.4. The topological polar surface area (TPSA) is 61.3 Å². The Morgan fingerprint density at radius 2 is 2.36 bits per heavy atom. The molecule has 1 atom stereocenters. The summed E-state index contributed by atoms with van der Waals surface area (Å²) in [5.74, 6) is 1.30. The van der Waals surface area contributed by atoms with Crippen molar-refractivity contribution in [3.63, 3.8) is 0 Å². The van der Waals surface area contributed by atoms with Crippen LogP contribution in [0.5, 0.6) is 0 Å². The van der Waals surface area contributed by atoms with E-state index < -0.39 is 0 Å². The first-order valence-corrected chi connectivity index (χ1v) is 8.61. The maximum Gasteiger partial charge on any atom is 0.188 e. The summed E-state index contributed by atoms with van der Waals surface area (Å²) in [6.07, 6.45) is 4.20. The van der Waals surface area contributed by atoms with Crippen molar-refractivity contribution in [2.45, 2.75) is 25.7 Å². The molecule has 3 heterocycles. The lowest BCUT2D eigenvalue weighted by atomic mass is 9.95. The van der Waals surface area contributed by atoms with Crippen LogP contribution in [0.3, 0.4) is 0 Å². The SMILES string of the molecule is Cc1ccc(Nc2nc([C@@H]3CCCN(CCO)C3)cs2)nc1. The number of hydrogen-bond donors (Lipinski definition) is 2. The highest BCUT2D eigenvalue weighted by Gasteiger charge is 2.23. The summed E-state index contributed by atoms with van der Waals surface area (Å²) in [7, 11) is 0. The zero-order chi connectivity index (χ0) is 15.4. The van der Waals surface area contributed by atoms with Gasteiger partial charge in [0.25, 0.3) is 0 Å². The van der Waals surface area contributed by atoms with Crippen molar-refractivity contribution in [2.24, 2.45) is 0 Å². The molecule has 1 fully saturated rings. The number of nitrogens with one attached hydrogen (secondary N) is 1. The lowest BCUT2D eigenvalue weighted by Gasteiger charge is -2.31. The van der Waals surface area contributed by atoms with Gasteiger partial charge >= 0.3 is 0 Å². The van der Waals surface area contributed by atoms with Crippen molar-refractivity contribution in [2.75, 3.05) is 31.6 Å². The van der Waals surface area contributed by atoms with Gasteiger partial charge in [0.15, 0.2) is 5.13 Å². The molecule has 0 bridgehead atoms. The number of aliphatic hydroxyl groups excluding tert-OH is 1. The number of aliphatic hydroxyl groups is 1. The van der Waals surface area contributed by atoms with Crippen molar-refractivity contribution >= 4 is 22.3 Å². The Bertz CT molecular complexity index is 596. The number of thiazole rings is 1. The number of aromatic nitrogens is 2. The Hall–Kier alpha value is -1.50. The predicted molar refractivity (Wildman–Crippen MR) is 89.9 cm³/mol. The molecule has 5 nitrogen and oxygen atoms in total. The molecular formula is C16H22N4OS. The second-order valence-electron chi connectivity index (χ2n) is 5.79. The number of anilines is 2. The largest absolute Gasteiger partial charge is 0.395 e. The molecule has 3 rings (SSSR count). The normalized spacial score (nSPS) is 19.3. The Labute approximate surface area is 135 Å². The summed E-state index contributed by atoms with van der Waals surface area (Å²) in [5.41, 5.74) is 2.30. The standard InChI is InChI=1S/C16H22N4OS/c1-12-4-5-15(17-9-12)19-16-18-14(11-22-16)13-3-2-6-20(10-13)7-8-21/h4-5,9,11,13,21H,2-3,6-8,10H2,1H3,(H,17,18,19)/t13-/m1/s1. The molecule has 2 aromatic heterocycles. The van der Waals surface area contributed by atoms with Crippen LogP contribution in [-0.4, -0.2) is 46.2 Å². The van der Waals surface area contributed by atoms with Gasteiger partial charge in [-0.2, -0.15) is 0 Å². The molecule has 0 radical (unpaired) electrons. The van der Waals surface area contributed by atoms with Crippen LogP contribution < -0.4 is 5.32 Å². The van der Waals surface area contributed by atoms with Gasteiger partial charge in [-0.3, -0.25) is 0 Å².